The Morgan fingerprint density at radius 2 is 2.00 bits per heavy atom. The molecule has 2 aliphatic rings. The SMILES string of the molecule is CCC1(CC)CN([C@@H]2C=C(C(=O)O)C[C@H](N)[C@H]2NC(C)=O)C1. The van der Waals surface area contributed by atoms with Crippen LogP contribution in [-0.4, -0.2) is 53.1 Å². The molecule has 6 nitrogen and oxygen atoms in total. The molecular formula is C16H27N3O3. The lowest BCUT2D eigenvalue weighted by atomic mass is 9.72. The summed E-state index contributed by atoms with van der Waals surface area (Å²) in [7, 11) is 0. The number of nitrogens with two attached hydrogens (primary N) is 1. The summed E-state index contributed by atoms with van der Waals surface area (Å²) in [6.07, 6.45) is 4.29. The molecule has 4 N–H and O–H groups in total. The maximum atomic E-state index is 11.5. The average molecular weight is 309 g/mol. The van der Waals surface area contributed by atoms with Gasteiger partial charge in [0, 0.05) is 31.6 Å². The summed E-state index contributed by atoms with van der Waals surface area (Å²) in [6.45, 7) is 7.71. The van der Waals surface area contributed by atoms with Gasteiger partial charge in [0.15, 0.2) is 0 Å². The summed E-state index contributed by atoms with van der Waals surface area (Å²) in [4.78, 5) is 25.0. The van der Waals surface area contributed by atoms with E-state index in [-0.39, 0.29) is 30.5 Å². The van der Waals surface area contributed by atoms with E-state index in [1.807, 2.05) is 0 Å². The third-order valence-electron chi connectivity index (χ3n) is 5.30. The van der Waals surface area contributed by atoms with Crippen LogP contribution in [0.5, 0.6) is 0 Å². The third kappa shape index (κ3) is 3.17. The van der Waals surface area contributed by atoms with Gasteiger partial charge >= 0.3 is 5.97 Å². The van der Waals surface area contributed by atoms with Crippen LogP contribution in [0.3, 0.4) is 0 Å². The molecule has 124 valence electrons. The molecule has 0 spiro atoms. The van der Waals surface area contributed by atoms with Crippen LogP contribution in [-0.2, 0) is 9.59 Å². The smallest absolute Gasteiger partial charge is 0.331 e. The van der Waals surface area contributed by atoms with Crippen LogP contribution < -0.4 is 11.1 Å². The second-order valence-corrected chi connectivity index (χ2v) is 6.69. The molecule has 0 radical (unpaired) electrons. The molecule has 0 aromatic heterocycles. The van der Waals surface area contributed by atoms with Crippen LogP contribution in [0.15, 0.2) is 11.6 Å². The van der Waals surface area contributed by atoms with E-state index in [4.69, 9.17) is 5.73 Å². The van der Waals surface area contributed by atoms with Crippen molar-refractivity contribution in [1.82, 2.24) is 10.2 Å². The van der Waals surface area contributed by atoms with Gasteiger partial charge in [-0.3, -0.25) is 9.69 Å². The third-order valence-corrected chi connectivity index (χ3v) is 5.30. The Bertz CT molecular complexity index is 477. The van der Waals surface area contributed by atoms with Gasteiger partial charge in [-0.15, -0.1) is 0 Å². The Kier molecular flexibility index (Phi) is 4.92. The van der Waals surface area contributed by atoms with Crippen molar-refractivity contribution < 1.29 is 14.7 Å². The largest absolute Gasteiger partial charge is 0.478 e. The number of aliphatic carboxylic acids is 1. The molecule has 0 unspecified atom stereocenters. The van der Waals surface area contributed by atoms with Gasteiger partial charge in [0.25, 0.3) is 0 Å². The molecule has 1 saturated heterocycles. The van der Waals surface area contributed by atoms with E-state index in [1.54, 1.807) is 6.08 Å². The van der Waals surface area contributed by atoms with Gasteiger partial charge in [-0.1, -0.05) is 19.9 Å². The Morgan fingerprint density at radius 3 is 2.45 bits per heavy atom. The molecule has 1 aliphatic carbocycles. The molecule has 0 saturated carbocycles. The zero-order chi connectivity index (χ0) is 16.5. The van der Waals surface area contributed by atoms with Crippen molar-refractivity contribution in [3.63, 3.8) is 0 Å². The molecule has 6 heteroatoms. The number of hydrogen-bond donors (Lipinski definition) is 3. The Morgan fingerprint density at radius 1 is 1.41 bits per heavy atom. The van der Waals surface area contributed by atoms with E-state index in [0.29, 0.717) is 11.0 Å². The minimum Gasteiger partial charge on any atom is -0.478 e. The Labute approximate surface area is 131 Å². The first-order chi connectivity index (χ1) is 10.3. The second-order valence-electron chi connectivity index (χ2n) is 6.69. The first-order valence-electron chi connectivity index (χ1n) is 8.02. The quantitative estimate of drug-likeness (QED) is 0.695. The molecule has 1 fully saturated rings. The summed E-state index contributed by atoms with van der Waals surface area (Å²) in [5.41, 5.74) is 6.82. The van der Waals surface area contributed by atoms with E-state index in [0.717, 1.165) is 25.9 Å². The molecular weight excluding hydrogens is 282 g/mol. The van der Waals surface area contributed by atoms with Crippen molar-refractivity contribution >= 4 is 11.9 Å². The summed E-state index contributed by atoms with van der Waals surface area (Å²) < 4.78 is 0. The summed E-state index contributed by atoms with van der Waals surface area (Å²) in [5, 5.41) is 12.2. The number of carbonyl (C=O) groups excluding carboxylic acids is 1. The lowest BCUT2D eigenvalue weighted by Gasteiger charge is -2.55. The maximum Gasteiger partial charge on any atom is 0.331 e. The van der Waals surface area contributed by atoms with Crippen LogP contribution >= 0.6 is 0 Å². The van der Waals surface area contributed by atoms with Crippen LogP contribution in [0.4, 0.5) is 0 Å². The van der Waals surface area contributed by atoms with Crippen molar-refractivity contribution in [3.05, 3.63) is 11.6 Å². The van der Waals surface area contributed by atoms with Crippen molar-refractivity contribution in [2.75, 3.05) is 13.1 Å². The topological polar surface area (TPSA) is 95.7 Å². The van der Waals surface area contributed by atoms with E-state index >= 15 is 0 Å². The number of rotatable bonds is 5. The Balaban J connectivity index is 2.20. The second kappa shape index (κ2) is 6.38. The standard InChI is InChI=1S/C16H27N3O3/c1-4-16(5-2)8-19(9-16)13-7-11(15(21)22)6-12(17)14(13)18-10(3)20/h7,12-14H,4-6,8-9,17H2,1-3H3,(H,18,20)(H,21,22)/t12-,13+,14+/m0/s1. The monoisotopic (exact) mass is 309 g/mol. The van der Waals surface area contributed by atoms with Crippen molar-refractivity contribution in [2.24, 2.45) is 11.1 Å². The molecule has 0 bridgehead atoms. The van der Waals surface area contributed by atoms with Gasteiger partial charge in [-0.2, -0.15) is 0 Å². The molecule has 3 atom stereocenters. The lowest BCUT2D eigenvalue weighted by Crippen LogP contribution is -2.67. The summed E-state index contributed by atoms with van der Waals surface area (Å²) >= 11 is 0. The maximum absolute atomic E-state index is 11.5. The van der Waals surface area contributed by atoms with Crippen molar-refractivity contribution in [2.45, 2.75) is 58.2 Å². The first kappa shape index (κ1) is 17.0. The summed E-state index contributed by atoms with van der Waals surface area (Å²) in [6, 6.07) is -0.736. The first-order valence-corrected chi connectivity index (χ1v) is 8.02. The van der Waals surface area contributed by atoms with Crippen molar-refractivity contribution in [3.8, 4) is 0 Å². The Hall–Kier alpha value is -1.40. The average Bonchev–Trinajstić information content (AvgIpc) is 2.41. The predicted molar refractivity (Wildman–Crippen MR) is 84.3 cm³/mol. The van der Waals surface area contributed by atoms with Gasteiger partial charge in [0.2, 0.25) is 5.91 Å². The number of nitrogens with zero attached hydrogens (tertiary/aromatic N) is 1. The number of nitrogens with one attached hydrogen (secondary N) is 1. The van der Waals surface area contributed by atoms with Crippen LogP contribution in [0.2, 0.25) is 0 Å². The highest BCUT2D eigenvalue weighted by Gasteiger charge is 2.46. The molecule has 0 aromatic carbocycles. The van der Waals surface area contributed by atoms with Gasteiger partial charge in [-0.25, -0.2) is 4.79 Å². The molecule has 1 aliphatic heterocycles. The van der Waals surface area contributed by atoms with E-state index in [2.05, 4.69) is 24.1 Å². The van der Waals surface area contributed by atoms with Gasteiger partial charge in [-0.05, 0) is 24.7 Å². The zero-order valence-electron chi connectivity index (χ0n) is 13.6. The van der Waals surface area contributed by atoms with Gasteiger partial charge in [0.1, 0.15) is 0 Å². The van der Waals surface area contributed by atoms with Crippen LogP contribution in [0.25, 0.3) is 0 Å². The number of likely N-dealkylation sites (tertiary alicyclic amines) is 1. The highest BCUT2D eigenvalue weighted by atomic mass is 16.4. The number of carboxylic acids is 1. The molecule has 0 aromatic rings. The fourth-order valence-corrected chi connectivity index (χ4v) is 3.65. The minimum atomic E-state index is -0.917. The normalized spacial score (nSPS) is 31.1. The van der Waals surface area contributed by atoms with Crippen LogP contribution in [0, 0.1) is 5.41 Å². The van der Waals surface area contributed by atoms with Crippen molar-refractivity contribution in [1.29, 1.82) is 0 Å². The number of hydrogen-bond acceptors (Lipinski definition) is 4. The summed E-state index contributed by atoms with van der Waals surface area (Å²) in [5.74, 6) is -1.05. The van der Waals surface area contributed by atoms with Gasteiger partial charge in [0.05, 0.1) is 12.1 Å². The highest BCUT2D eigenvalue weighted by molar-refractivity contribution is 5.87. The van der Waals surface area contributed by atoms with Crippen LogP contribution in [0.1, 0.15) is 40.0 Å². The van der Waals surface area contributed by atoms with E-state index in [1.165, 1.54) is 6.92 Å². The van der Waals surface area contributed by atoms with E-state index < -0.39 is 5.97 Å². The molecule has 22 heavy (non-hydrogen) atoms. The van der Waals surface area contributed by atoms with Gasteiger partial charge < -0.3 is 16.2 Å². The fraction of sp³-hybridized carbons (Fsp3) is 0.750. The highest BCUT2D eigenvalue weighted by Crippen LogP contribution is 2.40. The molecule has 2 rings (SSSR count). The fourth-order valence-electron chi connectivity index (χ4n) is 3.65. The van der Waals surface area contributed by atoms with E-state index in [9.17, 15) is 14.7 Å². The number of carboxylic acid groups (broad SMARTS) is 1. The molecule has 1 heterocycles. The number of carbonyl (C=O) groups is 2. The molecule has 1 amide bonds. The number of amides is 1. The lowest BCUT2D eigenvalue weighted by molar-refractivity contribution is -0.133. The minimum absolute atomic E-state index is 0.129. The predicted octanol–water partition coefficient (Wildman–Crippen LogP) is 0.724. The zero-order valence-corrected chi connectivity index (χ0v) is 13.6.